The maximum Gasteiger partial charge on any atom is 0.193 e. The number of para-hydroxylation sites is 1. The second kappa shape index (κ2) is 8.20. The second-order valence-corrected chi connectivity index (χ2v) is 6.18. The number of hydrogen-bond donors (Lipinski definition) is 1. The molecule has 3 rings (SSSR count). The molecule has 2 fully saturated rings. The Balaban J connectivity index is 1.43. The molecule has 0 bridgehead atoms. The van der Waals surface area contributed by atoms with E-state index >= 15 is 0 Å². The zero-order chi connectivity index (χ0) is 15.9. The van der Waals surface area contributed by atoms with Gasteiger partial charge in [-0.2, -0.15) is 0 Å². The van der Waals surface area contributed by atoms with Crippen LogP contribution < -0.4 is 10.1 Å². The molecule has 2 heterocycles. The first-order valence-corrected chi connectivity index (χ1v) is 8.64. The second-order valence-electron chi connectivity index (χ2n) is 6.18. The summed E-state index contributed by atoms with van der Waals surface area (Å²) in [6.45, 7) is 3.70. The number of nitrogens with zero attached hydrogens (tertiary/aromatic N) is 2. The molecule has 1 aromatic carbocycles. The summed E-state index contributed by atoms with van der Waals surface area (Å²) in [7, 11) is 1.85. The zero-order valence-corrected chi connectivity index (χ0v) is 13.9. The summed E-state index contributed by atoms with van der Waals surface area (Å²) in [6, 6.07) is 10.1. The van der Waals surface area contributed by atoms with Crippen LogP contribution in [0.1, 0.15) is 25.7 Å². The highest BCUT2D eigenvalue weighted by Gasteiger charge is 2.23. The van der Waals surface area contributed by atoms with Gasteiger partial charge < -0.3 is 19.7 Å². The highest BCUT2D eigenvalue weighted by molar-refractivity contribution is 5.80. The molecule has 0 amide bonds. The van der Waals surface area contributed by atoms with Gasteiger partial charge >= 0.3 is 0 Å². The predicted octanol–water partition coefficient (Wildman–Crippen LogP) is 2.28. The van der Waals surface area contributed by atoms with Crippen molar-refractivity contribution in [2.45, 2.75) is 37.9 Å². The van der Waals surface area contributed by atoms with Crippen molar-refractivity contribution < 1.29 is 9.47 Å². The topological polar surface area (TPSA) is 46.1 Å². The van der Waals surface area contributed by atoms with Crippen LogP contribution in [0.15, 0.2) is 35.3 Å². The summed E-state index contributed by atoms with van der Waals surface area (Å²) < 4.78 is 11.7. The molecule has 5 heteroatoms. The SMILES string of the molecule is CN=C(NCC1CCCO1)N1CCC(Oc2ccccc2)CC1. The molecular weight excluding hydrogens is 290 g/mol. The van der Waals surface area contributed by atoms with Crippen molar-refractivity contribution in [2.75, 3.05) is 33.3 Å². The van der Waals surface area contributed by atoms with Crippen LogP contribution in [0.25, 0.3) is 0 Å². The molecule has 1 N–H and O–H groups in total. The quantitative estimate of drug-likeness (QED) is 0.684. The van der Waals surface area contributed by atoms with Gasteiger partial charge in [0.25, 0.3) is 0 Å². The van der Waals surface area contributed by atoms with Gasteiger partial charge in [-0.15, -0.1) is 0 Å². The van der Waals surface area contributed by atoms with E-state index in [2.05, 4.69) is 15.2 Å². The molecule has 0 aromatic heterocycles. The Bertz CT molecular complexity index is 492. The number of benzene rings is 1. The number of rotatable bonds is 4. The molecule has 2 aliphatic rings. The van der Waals surface area contributed by atoms with E-state index in [-0.39, 0.29) is 0 Å². The zero-order valence-electron chi connectivity index (χ0n) is 13.9. The first kappa shape index (κ1) is 16.1. The monoisotopic (exact) mass is 317 g/mol. The third-order valence-electron chi connectivity index (χ3n) is 4.51. The summed E-state index contributed by atoms with van der Waals surface area (Å²) in [5.41, 5.74) is 0. The Hall–Kier alpha value is -1.75. The number of aliphatic imine (C=N–C) groups is 1. The highest BCUT2D eigenvalue weighted by atomic mass is 16.5. The van der Waals surface area contributed by atoms with Crippen molar-refractivity contribution >= 4 is 5.96 Å². The summed E-state index contributed by atoms with van der Waals surface area (Å²) in [4.78, 5) is 6.74. The maximum atomic E-state index is 6.05. The molecule has 5 nitrogen and oxygen atoms in total. The minimum Gasteiger partial charge on any atom is -0.490 e. The fraction of sp³-hybridized carbons (Fsp3) is 0.611. The molecule has 1 unspecified atom stereocenters. The summed E-state index contributed by atoms with van der Waals surface area (Å²) in [5, 5.41) is 3.46. The third kappa shape index (κ3) is 4.61. The maximum absolute atomic E-state index is 6.05. The fourth-order valence-electron chi connectivity index (χ4n) is 3.22. The van der Waals surface area contributed by atoms with Gasteiger partial charge in [-0.3, -0.25) is 4.99 Å². The van der Waals surface area contributed by atoms with Gasteiger partial charge in [0.2, 0.25) is 0 Å². The molecule has 126 valence electrons. The van der Waals surface area contributed by atoms with Crippen LogP contribution in [0.3, 0.4) is 0 Å². The van der Waals surface area contributed by atoms with Crippen molar-refractivity contribution in [3.05, 3.63) is 30.3 Å². The van der Waals surface area contributed by atoms with E-state index in [0.29, 0.717) is 12.2 Å². The van der Waals surface area contributed by atoms with Gasteiger partial charge in [-0.05, 0) is 25.0 Å². The first-order valence-electron chi connectivity index (χ1n) is 8.64. The van der Waals surface area contributed by atoms with E-state index in [9.17, 15) is 0 Å². The summed E-state index contributed by atoms with van der Waals surface area (Å²) >= 11 is 0. The van der Waals surface area contributed by atoms with Gasteiger partial charge in [0.15, 0.2) is 5.96 Å². The van der Waals surface area contributed by atoms with E-state index in [4.69, 9.17) is 9.47 Å². The number of guanidine groups is 1. The molecular formula is C18H27N3O2. The number of hydrogen-bond acceptors (Lipinski definition) is 3. The lowest BCUT2D eigenvalue weighted by atomic mass is 10.1. The van der Waals surface area contributed by atoms with Gasteiger partial charge in [0.1, 0.15) is 11.9 Å². The number of likely N-dealkylation sites (tertiary alicyclic amines) is 1. The Labute approximate surface area is 138 Å². The number of piperidine rings is 1. The van der Waals surface area contributed by atoms with Crippen molar-refractivity contribution in [3.63, 3.8) is 0 Å². The average molecular weight is 317 g/mol. The highest BCUT2D eigenvalue weighted by Crippen LogP contribution is 2.18. The third-order valence-corrected chi connectivity index (χ3v) is 4.51. The van der Waals surface area contributed by atoms with Crippen LogP contribution in [-0.4, -0.2) is 56.4 Å². The van der Waals surface area contributed by atoms with E-state index in [1.807, 2.05) is 37.4 Å². The molecule has 2 saturated heterocycles. The minimum absolute atomic E-state index is 0.296. The molecule has 2 aliphatic heterocycles. The van der Waals surface area contributed by atoms with Crippen molar-refractivity contribution in [1.29, 1.82) is 0 Å². The van der Waals surface area contributed by atoms with Gasteiger partial charge in [-0.1, -0.05) is 18.2 Å². The standard InChI is InChI=1S/C18H27N3O2/c1-19-18(20-14-17-8-5-13-22-17)21-11-9-16(10-12-21)23-15-6-3-2-4-7-15/h2-4,6-7,16-17H,5,8-14H2,1H3,(H,19,20). The Morgan fingerprint density at radius 1 is 1.26 bits per heavy atom. The molecule has 1 atom stereocenters. The van der Waals surface area contributed by atoms with Crippen LogP contribution in [-0.2, 0) is 4.74 Å². The molecule has 0 aliphatic carbocycles. The van der Waals surface area contributed by atoms with E-state index < -0.39 is 0 Å². The van der Waals surface area contributed by atoms with Crippen LogP contribution >= 0.6 is 0 Å². The first-order chi connectivity index (χ1) is 11.3. The Morgan fingerprint density at radius 3 is 2.70 bits per heavy atom. The summed E-state index contributed by atoms with van der Waals surface area (Å²) in [5.74, 6) is 1.95. The Morgan fingerprint density at radius 2 is 2.04 bits per heavy atom. The molecule has 0 radical (unpaired) electrons. The largest absolute Gasteiger partial charge is 0.490 e. The molecule has 0 spiro atoms. The van der Waals surface area contributed by atoms with E-state index in [1.54, 1.807) is 0 Å². The van der Waals surface area contributed by atoms with Crippen LogP contribution in [0, 0.1) is 0 Å². The smallest absolute Gasteiger partial charge is 0.193 e. The Kier molecular flexibility index (Phi) is 5.75. The van der Waals surface area contributed by atoms with Gasteiger partial charge in [0.05, 0.1) is 6.10 Å². The van der Waals surface area contributed by atoms with Crippen molar-refractivity contribution in [1.82, 2.24) is 10.2 Å². The lowest BCUT2D eigenvalue weighted by Crippen LogP contribution is -2.48. The predicted molar refractivity (Wildman–Crippen MR) is 92.0 cm³/mol. The normalized spacial score (nSPS) is 23.1. The van der Waals surface area contributed by atoms with E-state index in [0.717, 1.165) is 57.2 Å². The van der Waals surface area contributed by atoms with Gasteiger partial charge in [-0.25, -0.2) is 0 Å². The van der Waals surface area contributed by atoms with E-state index in [1.165, 1.54) is 6.42 Å². The summed E-state index contributed by atoms with van der Waals surface area (Å²) in [6.07, 6.45) is 5.01. The van der Waals surface area contributed by atoms with Crippen LogP contribution in [0.4, 0.5) is 0 Å². The van der Waals surface area contributed by atoms with Gasteiger partial charge in [0, 0.05) is 46.1 Å². The van der Waals surface area contributed by atoms with Crippen LogP contribution in [0.5, 0.6) is 5.75 Å². The number of nitrogens with one attached hydrogen (secondary N) is 1. The average Bonchev–Trinajstić information content (AvgIpc) is 3.11. The fourth-order valence-corrected chi connectivity index (χ4v) is 3.22. The minimum atomic E-state index is 0.296. The lowest BCUT2D eigenvalue weighted by Gasteiger charge is -2.34. The lowest BCUT2D eigenvalue weighted by molar-refractivity contribution is 0.110. The van der Waals surface area contributed by atoms with Crippen molar-refractivity contribution in [3.8, 4) is 5.75 Å². The molecule has 23 heavy (non-hydrogen) atoms. The molecule has 1 aromatic rings. The number of ether oxygens (including phenoxy) is 2. The van der Waals surface area contributed by atoms with Crippen LogP contribution in [0.2, 0.25) is 0 Å². The molecule has 0 saturated carbocycles. The van der Waals surface area contributed by atoms with Crippen molar-refractivity contribution in [2.24, 2.45) is 4.99 Å².